The highest BCUT2D eigenvalue weighted by Crippen LogP contribution is 1.73. The fourth-order valence-corrected chi connectivity index (χ4v) is 0.506. The minimum Gasteiger partial charge on any atom is -0.396 e. The maximum Gasteiger partial charge on any atom is 0.0443 e. The first-order valence-corrected chi connectivity index (χ1v) is 3.23. The molecule has 0 heterocycles. The van der Waals surface area contributed by atoms with Gasteiger partial charge in [-0.3, -0.25) is 0 Å². The van der Waals surface area contributed by atoms with Crippen LogP contribution in [-0.4, -0.2) is 24.8 Å². The molecule has 0 aromatic carbocycles. The third-order valence-corrected chi connectivity index (χ3v) is 0.938. The fourth-order valence-electron chi connectivity index (χ4n) is 0.506. The van der Waals surface area contributed by atoms with E-state index in [0.29, 0.717) is 6.61 Å². The van der Waals surface area contributed by atoms with Crippen LogP contribution < -0.4 is 5.32 Å². The molecule has 0 aliphatic heterocycles. The Kier molecular flexibility index (Phi) is 6.85. The summed E-state index contributed by atoms with van der Waals surface area (Å²) in [6.45, 7) is 4.45. The maximum atomic E-state index is 8.33. The van der Waals surface area contributed by atoms with Crippen molar-refractivity contribution >= 4 is 0 Å². The first-order chi connectivity index (χ1) is 3.91. The molecule has 0 amide bonds. The van der Waals surface area contributed by atoms with Gasteiger partial charge < -0.3 is 10.4 Å². The van der Waals surface area contributed by atoms with E-state index in [0.717, 1.165) is 19.5 Å². The van der Waals surface area contributed by atoms with Gasteiger partial charge in [-0.05, 0) is 25.9 Å². The van der Waals surface area contributed by atoms with E-state index in [1.165, 1.54) is 6.42 Å². The molecule has 0 bridgehead atoms. The Morgan fingerprint density at radius 3 is 2.62 bits per heavy atom. The van der Waals surface area contributed by atoms with Crippen molar-refractivity contribution in [3.63, 3.8) is 0 Å². The Morgan fingerprint density at radius 1 is 1.38 bits per heavy atom. The van der Waals surface area contributed by atoms with Gasteiger partial charge in [-0.1, -0.05) is 6.92 Å². The smallest absolute Gasteiger partial charge is 0.0443 e. The van der Waals surface area contributed by atoms with Gasteiger partial charge in [-0.15, -0.1) is 0 Å². The third-order valence-electron chi connectivity index (χ3n) is 0.938. The molecule has 0 aliphatic carbocycles. The molecule has 0 unspecified atom stereocenters. The molecule has 0 saturated carbocycles. The summed E-state index contributed by atoms with van der Waals surface area (Å²) < 4.78 is 0. The van der Waals surface area contributed by atoms with E-state index >= 15 is 0 Å². The van der Waals surface area contributed by atoms with E-state index in [2.05, 4.69) is 12.2 Å². The van der Waals surface area contributed by atoms with Crippen molar-refractivity contribution in [3.05, 3.63) is 0 Å². The Hall–Kier alpha value is -0.0800. The molecule has 0 radical (unpaired) electrons. The van der Waals surface area contributed by atoms with Crippen LogP contribution in [0, 0.1) is 0 Å². The van der Waals surface area contributed by atoms with Crippen LogP contribution in [-0.2, 0) is 0 Å². The minimum absolute atomic E-state index is 0.302. The molecule has 0 atom stereocenters. The lowest BCUT2D eigenvalue weighted by Crippen LogP contribution is -2.16. The molecule has 0 aliphatic rings. The predicted molar refractivity (Wildman–Crippen MR) is 34.9 cm³/mol. The SMILES string of the molecule is CCCNCCCO. The summed E-state index contributed by atoms with van der Waals surface area (Å²) in [6, 6.07) is 0. The lowest BCUT2D eigenvalue weighted by atomic mass is 10.4. The number of rotatable bonds is 5. The molecule has 0 rings (SSSR count). The van der Waals surface area contributed by atoms with E-state index in [9.17, 15) is 0 Å². The lowest BCUT2D eigenvalue weighted by molar-refractivity contribution is 0.286. The van der Waals surface area contributed by atoms with Crippen molar-refractivity contribution in [2.75, 3.05) is 19.7 Å². The van der Waals surface area contributed by atoms with Crippen LogP contribution in [0.4, 0.5) is 0 Å². The fraction of sp³-hybridized carbons (Fsp3) is 1.00. The van der Waals surface area contributed by atoms with Crippen molar-refractivity contribution in [3.8, 4) is 0 Å². The number of hydrogen-bond donors (Lipinski definition) is 2. The second-order valence-corrected chi connectivity index (χ2v) is 1.83. The van der Waals surface area contributed by atoms with E-state index in [-0.39, 0.29) is 0 Å². The first-order valence-electron chi connectivity index (χ1n) is 3.23. The van der Waals surface area contributed by atoms with Crippen LogP contribution in [0.1, 0.15) is 19.8 Å². The summed E-state index contributed by atoms with van der Waals surface area (Å²) >= 11 is 0. The highest BCUT2D eigenvalue weighted by Gasteiger charge is 1.81. The molecule has 50 valence electrons. The quantitative estimate of drug-likeness (QED) is 0.510. The van der Waals surface area contributed by atoms with Gasteiger partial charge in [0.25, 0.3) is 0 Å². The van der Waals surface area contributed by atoms with Gasteiger partial charge in [0.1, 0.15) is 0 Å². The van der Waals surface area contributed by atoms with Crippen molar-refractivity contribution < 1.29 is 5.11 Å². The molecule has 2 N–H and O–H groups in total. The molecule has 0 aromatic heterocycles. The van der Waals surface area contributed by atoms with Gasteiger partial charge in [0, 0.05) is 6.61 Å². The van der Waals surface area contributed by atoms with Crippen molar-refractivity contribution in [2.45, 2.75) is 19.8 Å². The van der Waals surface area contributed by atoms with E-state index in [1.54, 1.807) is 0 Å². The highest BCUT2D eigenvalue weighted by atomic mass is 16.3. The number of aliphatic hydroxyl groups is 1. The topological polar surface area (TPSA) is 32.3 Å². The molecule has 2 nitrogen and oxygen atoms in total. The molecule has 2 heteroatoms. The zero-order valence-electron chi connectivity index (χ0n) is 5.48. The van der Waals surface area contributed by atoms with E-state index in [4.69, 9.17) is 5.11 Å². The zero-order chi connectivity index (χ0) is 6.24. The van der Waals surface area contributed by atoms with Gasteiger partial charge in [0.2, 0.25) is 0 Å². The van der Waals surface area contributed by atoms with Gasteiger partial charge in [-0.2, -0.15) is 0 Å². The molecular formula is C6H15NO. The van der Waals surface area contributed by atoms with Gasteiger partial charge in [0.15, 0.2) is 0 Å². The Balaban J connectivity index is 2.53. The number of nitrogens with one attached hydrogen (secondary N) is 1. The minimum atomic E-state index is 0.302. The van der Waals surface area contributed by atoms with Crippen LogP contribution >= 0.6 is 0 Å². The standard InChI is InChI=1S/C6H15NO/c1-2-4-7-5-3-6-8/h7-8H,2-6H2,1H3. The third kappa shape index (κ3) is 5.92. The zero-order valence-corrected chi connectivity index (χ0v) is 5.48. The van der Waals surface area contributed by atoms with Crippen LogP contribution in [0.5, 0.6) is 0 Å². The van der Waals surface area contributed by atoms with Gasteiger partial charge >= 0.3 is 0 Å². The Labute approximate surface area is 50.9 Å². The predicted octanol–water partition coefficient (Wildman–Crippen LogP) is 0.368. The summed E-state index contributed by atoms with van der Waals surface area (Å²) in [6.07, 6.45) is 2.05. The molecule has 0 aromatic rings. The van der Waals surface area contributed by atoms with Crippen LogP contribution in [0.3, 0.4) is 0 Å². The first kappa shape index (κ1) is 7.92. The van der Waals surface area contributed by atoms with Gasteiger partial charge in [0.05, 0.1) is 0 Å². The summed E-state index contributed by atoms with van der Waals surface area (Å²) in [5.41, 5.74) is 0. The van der Waals surface area contributed by atoms with Crippen LogP contribution in [0.2, 0.25) is 0 Å². The maximum absolute atomic E-state index is 8.33. The van der Waals surface area contributed by atoms with E-state index < -0.39 is 0 Å². The lowest BCUT2D eigenvalue weighted by Gasteiger charge is -1.97. The molecule has 8 heavy (non-hydrogen) atoms. The summed E-state index contributed by atoms with van der Waals surface area (Å²) in [5.74, 6) is 0. The monoisotopic (exact) mass is 117 g/mol. The van der Waals surface area contributed by atoms with Crippen molar-refractivity contribution in [2.24, 2.45) is 0 Å². The van der Waals surface area contributed by atoms with Crippen molar-refractivity contribution in [1.82, 2.24) is 5.32 Å². The van der Waals surface area contributed by atoms with Gasteiger partial charge in [-0.25, -0.2) is 0 Å². The number of hydrogen-bond acceptors (Lipinski definition) is 2. The van der Waals surface area contributed by atoms with Crippen LogP contribution in [0.15, 0.2) is 0 Å². The average Bonchev–Trinajstić information content (AvgIpc) is 1.81. The second-order valence-electron chi connectivity index (χ2n) is 1.83. The molecular weight excluding hydrogens is 102 g/mol. The Bertz CT molecular complexity index is 33.5. The summed E-state index contributed by atoms with van der Waals surface area (Å²) in [4.78, 5) is 0. The summed E-state index contributed by atoms with van der Waals surface area (Å²) in [7, 11) is 0. The normalized spacial score (nSPS) is 9.75. The number of aliphatic hydroxyl groups excluding tert-OH is 1. The molecule has 0 saturated heterocycles. The van der Waals surface area contributed by atoms with Crippen LogP contribution in [0.25, 0.3) is 0 Å². The van der Waals surface area contributed by atoms with E-state index in [1.807, 2.05) is 0 Å². The largest absolute Gasteiger partial charge is 0.396 e. The second kappa shape index (κ2) is 6.92. The summed E-state index contributed by atoms with van der Waals surface area (Å²) in [5, 5.41) is 11.5. The average molecular weight is 117 g/mol. The van der Waals surface area contributed by atoms with Crippen molar-refractivity contribution in [1.29, 1.82) is 0 Å². The highest BCUT2D eigenvalue weighted by molar-refractivity contribution is 4.43. The molecule has 0 spiro atoms. The molecule has 0 fully saturated rings. The Morgan fingerprint density at radius 2 is 2.12 bits per heavy atom.